The zero-order chi connectivity index (χ0) is 41.1. The van der Waals surface area contributed by atoms with E-state index in [1.807, 2.05) is 13.8 Å². The number of nitrogens with one attached hydrogen (secondary N) is 6. The van der Waals surface area contributed by atoms with E-state index in [-0.39, 0.29) is 24.2 Å². The third-order valence-electron chi connectivity index (χ3n) is 9.35. The maximum Gasteiger partial charge on any atom is 0.262 e. The van der Waals surface area contributed by atoms with Crippen LogP contribution >= 0.6 is 0 Å². The van der Waals surface area contributed by atoms with Crippen LogP contribution in [-0.4, -0.2) is 92.2 Å². The number of fused-ring (bicyclic) bond motifs is 4. The second-order valence-corrected chi connectivity index (χ2v) is 13.2. The molecular weight excluding hydrogens is 758 g/mol. The average molecular weight is 797 g/mol. The van der Waals surface area contributed by atoms with Gasteiger partial charge in [-0.3, -0.25) is 19.2 Å². The van der Waals surface area contributed by atoms with Crippen LogP contribution in [0, 0.1) is 11.6 Å². The minimum absolute atomic E-state index is 0.0891. The quantitative estimate of drug-likeness (QED) is 0.149. The lowest BCUT2D eigenvalue weighted by atomic mass is 10.1. The van der Waals surface area contributed by atoms with Gasteiger partial charge in [0.25, 0.3) is 23.6 Å². The fourth-order valence-corrected chi connectivity index (χ4v) is 6.31. The van der Waals surface area contributed by atoms with E-state index in [4.69, 9.17) is 9.47 Å². The Bertz CT molecular complexity index is 2370. The first-order valence-corrected chi connectivity index (χ1v) is 18.1. The van der Waals surface area contributed by atoms with Crippen LogP contribution in [-0.2, 0) is 9.59 Å². The van der Waals surface area contributed by atoms with Crippen molar-refractivity contribution in [3.63, 3.8) is 0 Å². The van der Waals surface area contributed by atoms with Gasteiger partial charge in [0.2, 0.25) is 0 Å². The predicted molar refractivity (Wildman–Crippen MR) is 204 cm³/mol. The van der Waals surface area contributed by atoms with Crippen molar-refractivity contribution >= 4 is 46.6 Å². The number of carbonyl (C=O) groups excluding carboxylic acids is 4. The Labute approximate surface area is 328 Å². The summed E-state index contributed by atoms with van der Waals surface area (Å²) in [5.41, 5.74) is 2.27. The third-order valence-corrected chi connectivity index (χ3v) is 9.35. The Morgan fingerprint density at radius 2 is 1.10 bits per heavy atom. The van der Waals surface area contributed by atoms with E-state index in [9.17, 15) is 28.0 Å². The number of nitrogens with zero attached hydrogens (tertiary/aromatic N) is 6. The number of carbonyl (C=O) groups is 4. The van der Waals surface area contributed by atoms with Gasteiger partial charge in [-0.1, -0.05) is 0 Å². The van der Waals surface area contributed by atoms with Crippen LogP contribution in [0.4, 0.5) is 20.4 Å². The van der Waals surface area contributed by atoms with Crippen molar-refractivity contribution in [2.45, 2.75) is 38.1 Å². The molecule has 300 valence electrons. The summed E-state index contributed by atoms with van der Waals surface area (Å²) in [6.07, 6.45) is 4.13. The zero-order valence-corrected chi connectivity index (χ0v) is 31.5. The van der Waals surface area contributed by atoms with Gasteiger partial charge < -0.3 is 41.4 Å². The fourth-order valence-electron chi connectivity index (χ4n) is 6.31. The number of halogens is 2. The maximum atomic E-state index is 13.9. The van der Waals surface area contributed by atoms with Crippen LogP contribution in [0.15, 0.2) is 73.3 Å². The lowest BCUT2D eigenvalue weighted by Crippen LogP contribution is -2.45. The number of hydrogen-bond donors (Lipinski definition) is 6. The van der Waals surface area contributed by atoms with Crippen LogP contribution in [0.2, 0.25) is 0 Å². The first-order chi connectivity index (χ1) is 27.9. The van der Waals surface area contributed by atoms with Crippen molar-refractivity contribution < 1.29 is 37.4 Å². The predicted octanol–water partition coefficient (Wildman–Crippen LogP) is 2.56. The van der Waals surface area contributed by atoms with Gasteiger partial charge in [-0.2, -0.15) is 10.2 Å². The summed E-state index contributed by atoms with van der Waals surface area (Å²) in [4.78, 5) is 58.8. The van der Waals surface area contributed by atoms with E-state index in [1.165, 1.54) is 71.9 Å². The Morgan fingerprint density at radius 3 is 1.50 bits per heavy atom. The summed E-state index contributed by atoms with van der Waals surface area (Å²) in [6, 6.07) is 10.7. The Balaban J connectivity index is 0.000000177. The molecule has 0 aliphatic carbocycles. The van der Waals surface area contributed by atoms with Gasteiger partial charge in [0.05, 0.1) is 37.6 Å². The highest BCUT2D eigenvalue weighted by molar-refractivity contribution is 6.00. The molecule has 58 heavy (non-hydrogen) atoms. The van der Waals surface area contributed by atoms with Crippen molar-refractivity contribution in [1.29, 1.82) is 0 Å². The minimum Gasteiger partial charge on any atom is -0.478 e. The van der Waals surface area contributed by atoms with Crippen LogP contribution in [0.3, 0.4) is 0 Å². The first-order valence-electron chi connectivity index (χ1n) is 18.1. The van der Waals surface area contributed by atoms with Gasteiger partial charge in [0, 0.05) is 37.6 Å². The molecule has 0 saturated heterocycles. The van der Waals surface area contributed by atoms with Gasteiger partial charge in [-0.05, 0) is 62.4 Å². The second kappa shape index (κ2) is 16.4. The van der Waals surface area contributed by atoms with Crippen LogP contribution in [0.1, 0.15) is 57.8 Å². The molecule has 4 atom stereocenters. The summed E-state index contributed by atoms with van der Waals surface area (Å²) in [5, 5.41) is 25.0. The van der Waals surface area contributed by atoms with Crippen LogP contribution in [0.5, 0.6) is 11.5 Å². The molecule has 2 aliphatic rings. The number of ether oxygens (including phenoxy) is 2. The fraction of sp³-hybridized carbons (Fsp3) is 0.263. The number of benzene rings is 2. The van der Waals surface area contributed by atoms with Crippen molar-refractivity contribution in [2.75, 3.05) is 37.8 Å². The van der Waals surface area contributed by atoms with E-state index >= 15 is 0 Å². The lowest BCUT2D eigenvalue weighted by molar-refractivity contribution is -0.127. The van der Waals surface area contributed by atoms with E-state index < -0.39 is 59.6 Å². The largest absolute Gasteiger partial charge is 0.478 e. The molecule has 6 N–H and O–H groups in total. The molecule has 2 aromatic carbocycles. The smallest absolute Gasteiger partial charge is 0.262 e. The van der Waals surface area contributed by atoms with E-state index in [1.54, 1.807) is 24.5 Å². The number of rotatable bonds is 2. The molecular formula is C38H38F2N12O6. The highest BCUT2D eigenvalue weighted by atomic mass is 19.1. The van der Waals surface area contributed by atoms with Crippen molar-refractivity contribution in [3.05, 3.63) is 107 Å². The van der Waals surface area contributed by atoms with E-state index in [0.29, 0.717) is 45.6 Å². The topological polar surface area (TPSA) is 219 Å². The van der Waals surface area contributed by atoms with Gasteiger partial charge in [0.1, 0.15) is 45.9 Å². The number of aromatic nitrogens is 6. The highest BCUT2D eigenvalue weighted by Crippen LogP contribution is 2.31. The number of hydrogen-bond acceptors (Lipinski definition) is 12. The van der Waals surface area contributed by atoms with E-state index in [2.05, 4.69) is 52.1 Å². The molecule has 6 aromatic rings. The van der Waals surface area contributed by atoms with Gasteiger partial charge in [0.15, 0.2) is 23.5 Å². The van der Waals surface area contributed by atoms with Crippen molar-refractivity contribution in [2.24, 2.45) is 0 Å². The highest BCUT2D eigenvalue weighted by Gasteiger charge is 2.27. The Kier molecular flexibility index (Phi) is 11.0. The molecule has 0 spiro atoms. The molecule has 0 saturated carbocycles. The molecule has 0 unspecified atom stereocenters. The molecule has 6 heterocycles. The SMILES string of the molecule is CNC(=O)[C@@H]1CNC(=O)c2cnn3ccc(nc23)N[C@H](C)c2cc(F)ccc2O1.CNC(=O)[C@H]1CNC(=O)c2cnn3ccc(nc23)N[C@H](C)c2cc(F)ccc2O1. The summed E-state index contributed by atoms with van der Waals surface area (Å²) in [6.45, 7) is 3.47. The number of likely N-dealkylation sites (N-methyl/N-ethyl adjacent to an activating group) is 2. The third kappa shape index (κ3) is 8.11. The average Bonchev–Trinajstić information content (AvgIpc) is 3.85. The zero-order valence-electron chi connectivity index (χ0n) is 31.5. The molecule has 18 nitrogen and oxygen atoms in total. The van der Waals surface area contributed by atoms with Gasteiger partial charge in [-0.25, -0.2) is 27.8 Å². The molecule has 20 heteroatoms. The Hall–Kier alpha value is -7.38. The summed E-state index contributed by atoms with van der Waals surface area (Å²) >= 11 is 0. The second-order valence-electron chi connectivity index (χ2n) is 13.2. The molecule has 4 amide bonds. The Morgan fingerprint density at radius 1 is 0.690 bits per heavy atom. The number of amides is 4. The molecule has 4 aromatic heterocycles. The number of anilines is 2. The molecule has 8 rings (SSSR count). The van der Waals surface area contributed by atoms with Crippen molar-refractivity contribution in [1.82, 2.24) is 50.5 Å². The van der Waals surface area contributed by atoms with Crippen LogP contribution < -0.4 is 41.4 Å². The minimum atomic E-state index is -1.01. The van der Waals surface area contributed by atoms with Crippen molar-refractivity contribution in [3.8, 4) is 11.5 Å². The summed E-state index contributed by atoms with van der Waals surface area (Å²) in [5.74, 6) is -0.954. The first kappa shape index (κ1) is 38.9. The van der Waals surface area contributed by atoms with Gasteiger partial charge >= 0.3 is 0 Å². The normalized spacial score (nSPS) is 19.1. The lowest BCUT2D eigenvalue weighted by Gasteiger charge is -2.23. The van der Waals surface area contributed by atoms with E-state index in [0.717, 1.165) is 0 Å². The summed E-state index contributed by atoms with van der Waals surface area (Å²) < 4.78 is 42.6. The molecule has 0 fully saturated rings. The molecule has 2 aliphatic heterocycles. The van der Waals surface area contributed by atoms with Gasteiger partial charge in [-0.15, -0.1) is 0 Å². The standard InChI is InChI=1S/2C19H19FN6O3/c2*1-10-12-7-11(20)3-4-14(12)29-15(19(28)21-2)9-22-18(27)13-8-23-26-6-5-16(24-10)25-17(13)26/h2*3-8,10,15H,9H2,1-2H3,(H,21,28)(H,22,27)(H,24,25)/t10-,15+;10-,15-/m11/s1. The maximum absolute atomic E-state index is 13.9. The molecule has 0 radical (unpaired) electrons. The van der Waals surface area contributed by atoms with Crippen LogP contribution in [0.25, 0.3) is 11.3 Å². The summed E-state index contributed by atoms with van der Waals surface area (Å²) in [7, 11) is 2.95. The monoisotopic (exact) mass is 796 g/mol. The molecule has 4 bridgehead atoms.